The lowest BCUT2D eigenvalue weighted by Gasteiger charge is -2.27. The average Bonchev–Trinajstić information content (AvgIpc) is 3.09. The van der Waals surface area contributed by atoms with Crippen LogP contribution >= 0.6 is 0 Å². The SMILES string of the molecule is CCCOc1ccc(N2C(=O)C[C@H](N(Cc3ccc(OC)cc3)C(=O)CC)C2=O)cc1. The number of carbonyl (C=O) groups excluding carboxylic acids is 3. The number of imide groups is 1. The molecule has 31 heavy (non-hydrogen) atoms. The van der Waals surface area contributed by atoms with Gasteiger partial charge in [-0.15, -0.1) is 0 Å². The van der Waals surface area contributed by atoms with E-state index in [1.807, 2.05) is 19.1 Å². The lowest BCUT2D eigenvalue weighted by Crippen LogP contribution is -2.44. The number of anilines is 1. The molecule has 2 aromatic rings. The molecule has 7 nitrogen and oxygen atoms in total. The van der Waals surface area contributed by atoms with Crippen molar-refractivity contribution in [1.82, 2.24) is 4.90 Å². The van der Waals surface area contributed by atoms with Crippen molar-refractivity contribution in [3.8, 4) is 11.5 Å². The number of methoxy groups -OCH3 is 1. The highest BCUT2D eigenvalue weighted by molar-refractivity contribution is 6.23. The minimum absolute atomic E-state index is 0.0329. The summed E-state index contributed by atoms with van der Waals surface area (Å²) in [6, 6.07) is 13.4. The van der Waals surface area contributed by atoms with E-state index in [1.165, 1.54) is 4.90 Å². The Morgan fingerprint density at radius 2 is 1.68 bits per heavy atom. The zero-order chi connectivity index (χ0) is 22.4. The van der Waals surface area contributed by atoms with Crippen LogP contribution in [0, 0.1) is 0 Å². The molecule has 3 rings (SSSR count). The van der Waals surface area contributed by atoms with Crippen molar-refractivity contribution in [3.05, 3.63) is 54.1 Å². The van der Waals surface area contributed by atoms with Crippen molar-refractivity contribution in [2.24, 2.45) is 0 Å². The van der Waals surface area contributed by atoms with Crippen LogP contribution in [-0.4, -0.2) is 42.4 Å². The summed E-state index contributed by atoms with van der Waals surface area (Å²) >= 11 is 0. The Morgan fingerprint density at radius 1 is 1.03 bits per heavy atom. The van der Waals surface area contributed by atoms with Gasteiger partial charge in [0.1, 0.15) is 17.5 Å². The number of hydrogen-bond acceptors (Lipinski definition) is 5. The number of carbonyl (C=O) groups is 3. The molecule has 1 atom stereocenters. The molecular formula is C24H28N2O5. The number of amides is 3. The smallest absolute Gasteiger partial charge is 0.257 e. The number of nitrogens with zero attached hydrogens (tertiary/aromatic N) is 2. The molecule has 0 bridgehead atoms. The van der Waals surface area contributed by atoms with Crippen LogP contribution in [0.15, 0.2) is 48.5 Å². The lowest BCUT2D eigenvalue weighted by atomic mass is 10.1. The van der Waals surface area contributed by atoms with Crippen LogP contribution in [-0.2, 0) is 20.9 Å². The van der Waals surface area contributed by atoms with Crippen molar-refractivity contribution < 1.29 is 23.9 Å². The molecule has 7 heteroatoms. The van der Waals surface area contributed by atoms with Crippen molar-refractivity contribution in [3.63, 3.8) is 0 Å². The van der Waals surface area contributed by atoms with E-state index in [0.29, 0.717) is 23.8 Å². The van der Waals surface area contributed by atoms with Gasteiger partial charge in [0.25, 0.3) is 5.91 Å². The quantitative estimate of drug-likeness (QED) is 0.576. The summed E-state index contributed by atoms with van der Waals surface area (Å²) in [6.07, 6.45) is 1.11. The number of benzene rings is 2. The van der Waals surface area contributed by atoms with E-state index in [2.05, 4.69) is 0 Å². The van der Waals surface area contributed by atoms with Gasteiger partial charge >= 0.3 is 0 Å². The second-order valence-electron chi connectivity index (χ2n) is 7.35. The summed E-state index contributed by atoms with van der Waals surface area (Å²) in [7, 11) is 1.59. The molecule has 0 saturated carbocycles. The van der Waals surface area contributed by atoms with E-state index < -0.39 is 6.04 Å². The first-order valence-corrected chi connectivity index (χ1v) is 10.5. The first-order valence-electron chi connectivity index (χ1n) is 10.5. The molecule has 0 unspecified atom stereocenters. The van der Waals surface area contributed by atoms with Crippen molar-refractivity contribution >= 4 is 23.4 Å². The van der Waals surface area contributed by atoms with Crippen LogP contribution in [0.5, 0.6) is 11.5 Å². The number of hydrogen-bond donors (Lipinski definition) is 0. The molecule has 3 amide bonds. The normalized spacial score (nSPS) is 15.8. The standard InChI is InChI=1S/C24H28N2O5/c1-4-14-31-20-12-8-18(9-13-20)26-23(28)15-21(24(26)29)25(22(27)5-2)16-17-6-10-19(30-3)11-7-17/h6-13,21H,4-5,14-16H2,1-3H3/t21-/m0/s1. The third kappa shape index (κ3) is 5.05. The molecule has 0 aliphatic carbocycles. The Morgan fingerprint density at radius 3 is 2.26 bits per heavy atom. The third-order valence-electron chi connectivity index (χ3n) is 5.20. The molecule has 0 aromatic heterocycles. The van der Waals surface area contributed by atoms with Crippen LogP contribution < -0.4 is 14.4 Å². The van der Waals surface area contributed by atoms with Crippen molar-refractivity contribution in [2.75, 3.05) is 18.6 Å². The van der Waals surface area contributed by atoms with Gasteiger partial charge in [0, 0.05) is 13.0 Å². The fourth-order valence-electron chi connectivity index (χ4n) is 3.54. The summed E-state index contributed by atoms with van der Waals surface area (Å²) in [6.45, 7) is 4.61. The van der Waals surface area contributed by atoms with E-state index in [4.69, 9.17) is 9.47 Å². The van der Waals surface area contributed by atoms with Gasteiger partial charge in [0.05, 0.1) is 25.8 Å². The Bertz CT molecular complexity index is 924. The van der Waals surface area contributed by atoms with E-state index in [9.17, 15) is 14.4 Å². The highest BCUT2D eigenvalue weighted by Crippen LogP contribution is 2.29. The second-order valence-corrected chi connectivity index (χ2v) is 7.35. The fraction of sp³-hybridized carbons (Fsp3) is 0.375. The highest BCUT2D eigenvalue weighted by atomic mass is 16.5. The summed E-state index contributed by atoms with van der Waals surface area (Å²) in [5, 5.41) is 0. The molecular weight excluding hydrogens is 396 g/mol. The van der Waals surface area contributed by atoms with E-state index in [-0.39, 0.29) is 37.1 Å². The average molecular weight is 424 g/mol. The molecule has 1 heterocycles. The molecule has 1 fully saturated rings. The summed E-state index contributed by atoms with van der Waals surface area (Å²) in [5.74, 6) is 0.515. The molecule has 1 saturated heterocycles. The summed E-state index contributed by atoms with van der Waals surface area (Å²) in [5.41, 5.74) is 1.34. The van der Waals surface area contributed by atoms with E-state index in [0.717, 1.165) is 16.9 Å². The lowest BCUT2D eigenvalue weighted by molar-refractivity contribution is -0.138. The zero-order valence-electron chi connectivity index (χ0n) is 18.2. The maximum absolute atomic E-state index is 13.2. The van der Waals surface area contributed by atoms with Gasteiger partial charge in [-0.2, -0.15) is 0 Å². The molecule has 0 spiro atoms. The fourth-order valence-corrected chi connectivity index (χ4v) is 3.54. The second kappa shape index (κ2) is 10.1. The zero-order valence-corrected chi connectivity index (χ0v) is 18.2. The predicted molar refractivity (Wildman–Crippen MR) is 117 cm³/mol. The number of rotatable bonds is 9. The Hall–Kier alpha value is -3.35. The van der Waals surface area contributed by atoms with E-state index >= 15 is 0 Å². The van der Waals surface area contributed by atoms with Crippen LogP contribution in [0.1, 0.15) is 38.7 Å². The molecule has 0 radical (unpaired) electrons. The van der Waals surface area contributed by atoms with Crippen LogP contribution in [0.4, 0.5) is 5.69 Å². The summed E-state index contributed by atoms with van der Waals surface area (Å²) in [4.78, 5) is 41.2. The van der Waals surface area contributed by atoms with Crippen LogP contribution in [0.3, 0.4) is 0 Å². The van der Waals surface area contributed by atoms with Crippen LogP contribution in [0.25, 0.3) is 0 Å². The first-order chi connectivity index (χ1) is 15.0. The Labute approximate surface area is 182 Å². The minimum Gasteiger partial charge on any atom is -0.497 e. The molecule has 164 valence electrons. The van der Waals surface area contributed by atoms with Gasteiger partial charge in [-0.3, -0.25) is 14.4 Å². The van der Waals surface area contributed by atoms with Gasteiger partial charge in [-0.05, 0) is 48.4 Å². The topological polar surface area (TPSA) is 76.2 Å². The van der Waals surface area contributed by atoms with Gasteiger partial charge in [-0.1, -0.05) is 26.0 Å². The summed E-state index contributed by atoms with van der Waals surface area (Å²) < 4.78 is 10.7. The van der Waals surface area contributed by atoms with Crippen LogP contribution in [0.2, 0.25) is 0 Å². The monoisotopic (exact) mass is 424 g/mol. The highest BCUT2D eigenvalue weighted by Gasteiger charge is 2.44. The van der Waals surface area contributed by atoms with E-state index in [1.54, 1.807) is 50.4 Å². The Balaban J connectivity index is 1.80. The van der Waals surface area contributed by atoms with Gasteiger partial charge in [0.15, 0.2) is 0 Å². The maximum Gasteiger partial charge on any atom is 0.257 e. The molecule has 0 N–H and O–H groups in total. The van der Waals surface area contributed by atoms with Crippen molar-refractivity contribution in [1.29, 1.82) is 0 Å². The van der Waals surface area contributed by atoms with Gasteiger partial charge in [0.2, 0.25) is 11.8 Å². The maximum atomic E-state index is 13.2. The van der Waals surface area contributed by atoms with Gasteiger partial charge in [-0.25, -0.2) is 4.90 Å². The molecule has 2 aromatic carbocycles. The molecule has 1 aliphatic heterocycles. The Kier molecular flexibility index (Phi) is 7.28. The predicted octanol–water partition coefficient (Wildman–Crippen LogP) is 3.55. The van der Waals surface area contributed by atoms with Gasteiger partial charge < -0.3 is 14.4 Å². The number of ether oxygens (including phenoxy) is 2. The largest absolute Gasteiger partial charge is 0.497 e. The first kappa shape index (κ1) is 22.3. The molecule has 1 aliphatic rings. The minimum atomic E-state index is -0.821. The van der Waals surface area contributed by atoms with Crippen molar-refractivity contribution in [2.45, 2.75) is 45.7 Å². The third-order valence-corrected chi connectivity index (χ3v) is 5.20.